The van der Waals surface area contributed by atoms with Crippen LogP contribution in [0.5, 0.6) is 0 Å². The highest BCUT2D eigenvalue weighted by molar-refractivity contribution is 7.00. The first-order valence-corrected chi connectivity index (χ1v) is 28.1. The molecule has 4 atom stereocenters. The smallest absolute Gasteiger partial charge is 0.252 e. The largest absolute Gasteiger partial charge is 0.334 e. The molecule has 2 fully saturated rings. The van der Waals surface area contributed by atoms with E-state index in [0.29, 0.717) is 0 Å². The fraction of sp³-hybridized carbons (Fsp3) is 0.391. The second kappa shape index (κ2) is 15.7. The first-order chi connectivity index (χ1) is 35.1. The number of benzene rings is 7. The van der Waals surface area contributed by atoms with E-state index in [4.69, 9.17) is 0 Å². The molecule has 6 aliphatic rings. The van der Waals surface area contributed by atoms with Crippen LogP contribution in [0.15, 0.2) is 146 Å². The average Bonchev–Trinajstić information content (AvgIpc) is 3.88. The molecule has 0 amide bonds. The molecule has 4 nitrogen and oxygen atoms in total. The fourth-order valence-corrected chi connectivity index (χ4v) is 15.5. The molecular weight excluding hydrogens is 896 g/mol. The predicted octanol–water partition coefficient (Wildman–Crippen LogP) is 16.8. The molecule has 2 aliphatic carbocycles. The lowest BCUT2D eigenvalue weighted by atomic mass is 9.33. The Morgan fingerprint density at radius 2 is 0.797 bits per heavy atom. The second-order valence-corrected chi connectivity index (χ2v) is 27.3. The predicted molar refractivity (Wildman–Crippen MR) is 318 cm³/mol. The van der Waals surface area contributed by atoms with Crippen molar-refractivity contribution in [3.63, 3.8) is 0 Å². The van der Waals surface area contributed by atoms with Crippen LogP contribution in [0.2, 0.25) is 0 Å². The average molecular weight is 973 g/mol. The Hall–Kier alpha value is -6.20. The van der Waals surface area contributed by atoms with Gasteiger partial charge in [-0.15, -0.1) is 0 Å². The van der Waals surface area contributed by atoms with Crippen molar-refractivity contribution in [3.05, 3.63) is 173 Å². The van der Waals surface area contributed by atoms with Crippen molar-refractivity contribution in [2.24, 2.45) is 0 Å². The second-order valence-electron chi connectivity index (χ2n) is 27.3. The lowest BCUT2D eigenvalue weighted by Gasteiger charge is -2.51. The minimum Gasteiger partial charge on any atom is -0.334 e. The van der Waals surface area contributed by atoms with E-state index in [1.54, 1.807) is 0 Å². The van der Waals surface area contributed by atoms with Crippen LogP contribution in [0.25, 0.3) is 0 Å². The van der Waals surface area contributed by atoms with Crippen LogP contribution in [0.4, 0.5) is 56.9 Å². The maximum absolute atomic E-state index is 2.79. The van der Waals surface area contributed by atoms with Gasteiger partial charge in [-0.1, -0.05) is 174 Å². The van der Waals surface area contributed by atoms with Crippen molar-refractivity contribution in [3.8, 4) is 0 Å². The summed E-state index contributed by atoms with van der Waals surface area (Å²) in [7, 11) is 0. The third kappa shape index (κ3) is 6.46. The summed E-state index contributed by atoms with van der Waals surface area (Å²) in [5.41, 5.74) is 23.8. The highest BCUT2D eigenvalue weighted by Gasteiger charge is 2.60. The van der Waals surface area contributed by atoms with E-state index in [-0.39, 0.29) is 44.9 Å². The molecule has 0 bridgehead atoms. The third-order valence-electron chi connectivity index (χ3n) is 20.2. The van der Waals surface area contributed by atoms with Gasteiger partial charge >= 0.3 is 0 Å². The van der Waals surface area contributed by atoms with Gasteiger partial charge in [0.15, 0.2) is 0 Å². The summed E-state index contributed by atoms with van der Waals surface area (Å²) < 4.78 is 0. The number of rotatable bonds is 4. The molecule has 2 saturated carbocycles. The van der Waals surface area contributed by atoms with Gasteiger partial charge in [0.1, 0.15) is 0 Å². The summed E-state index contributed by atoms with van der Waals surface area (Å²) >= 11 is 0. The molecule has 4 unspecified atom stereocenters. The normalized spacial score (nSPS) is 24.5. The minimum atomic E-state index is -0.103. The first-order valence-electron chi connectivity index (χ1n) is 28.1. The third-order valence-corrected chi connectivity index (χ3v) is 20.2. The Labute approximate surface area is 443 Å². The zero-order valence-corrected chi connectivity index (χ0v) is 46.7. The Kier molecular flexibility index (Phi) is 10.1. The van der Waals surface area contributed by atoms with E-state index in [9.17, 15) is 0 Å². The van der Waals surface area contributed by atoms with E-state index < -0.39 is 0 Å². The number of para-hydroxylation sites is 2. The SMILES string of the molecule is CC(C)(C)c1ccc(N2c3ccc(C(C)(C)C)cc3B3c4ccc(N5c6ccccc6C6(C)CCCCC56C)cc4N(c4ccc(C(C)(C)C)cc4)c4cc(N5c6ccccc6C6(C)CCCC56C)cc2c43)cc1. The maximum Gasteiger partial charge on any atom is 0.252 e. The topological polar surface area (TPSA) is 13.0 Å². The van der Waals surface area contributed by atoms with Crippen LogP contribution in [-0.2, 0) is 27.1 Å². The molecule has 4 heterocycles. The maximum atomic E-state index is 2.79. The Balaban J connectivity index is 1.14. The van der Waals surface area contributed by atoms with Crippen molar-refractivity contribution >= 4 is 80.0 Å². The minimum absolute atomic E-state index is 0.00908. The van der Waals surface area contributed by atoms with Gasteiger partial charge < -0.3 is 19.6 Å². The molecule has 0 aromatic heterocycles. The van der Waals surface area contributed by atoms with E-state index in [2.05, 4.69) is 255 Å². The molecule has 0 spiro atoms. The van der Waals surface area contributed by atoms with Crippen molar-refractivity contribution in [2.45, 2.75) is 173 Å². The fourth-order valence-electron chi connectivity index (χ4n) is 15.5. The summed E-state index contributed by atoms with van der Waals surface area (Å²) in [6.45, 7) is 31.3. The van der Waals surface area contributed by atoms with E-state index in [1.807, 2.05) is 0 Å². The van der Waals surface area contributed by atoms with Gasteiger partial charge in [0.25, 0.3) is 6.71 Å². The molecule has 376 valence electrons. The molecule has 7 aromatic carbocycles. The molecule has 0 radical (unpaired) electrons. The molecule has 7 aromatic rings. The van der Waals surface area contributed by atoms with Crippen molar-refractivity contribution in [1.82, 2.24) is 0 Å². The van der Waals surface area contributed by atoms with E-state index in [1.165, 1.54) is 133 Å². The molecule has 13 rings (SSSR count). The molecule has 0 saturated heterocycles. The highest BCUT2D eigenvalue weighted by atomic mass is 15.3. The molecule has 5 heteroatoms. The Morgan fingerprint density at radius 3 is 1.34 bits per heavy atom. The van der Waals surface area contributed by atoms with Crippen LogP contribution < -0.4 is 36.0 Å². The van der Waals surface area contributed by atoms with Crippen LogP contribution in [0.1, 0.15) is 163 Å². The van der Waals surface area contributed by atoms with E-state index in [0.717, 1.165) is 12.8 Å². The van der Waals surface area contributed by atoms with Gasteiger partial charge in [-0.2, -0.15) is 0 Å². The lowest BCUT2D eigenvalue weighted by molar-refractivity contribution is 0.195. The van der Waals surface area contributed by atoms with Gasteiger partial charge in [-0.3, -0.25) is 0 Å². The van der Waals surface area contributed by atoms with Gasteiger partial charge in [0.2, 0.25) is 0 Å². The summed E-state index contributed by atoms with van der Waals surface area (Å²) in [6.07, 6.45) is 8.43. The number of hydrogen-bond donors (Lipinski definition) is 0. The van der Waals surface area contributed by atoms with Gasteiger partial charge in [-0.05, 0) is 167 Å². The lowest BCUT2D eigenvalue weighted by Crippen LogP contribution is -2.61. The van der Waals surface area contributed by atoms with Gasteiger partial charge in [0, 0.05) is 67.7 Å². The van der Waals surface area contributed by atoms with Crippen LogP contribution >= 0.6 is 0 Å². The Morgan fingerprint density at radius 1 is 0.365 bits per heavy atom. The summed E-state index contributed by atoms with van der Waals surface area (Å²) in [5.74, 6) is 0. The number of hydrogen-bond acceptors (Lipinski definition) is 4. The monoisotopic (exact) mass is 973 g/mol. The quantitative estimate of drug-likeness (QED) is 0.163. The highest BCUT2D eigenvalue weighted by Crippen LogP contribution is 2.64. The Bertz CT molecular complexity index is 3420. The zero-order chi connectivity index (χ0) is 51.7. The van der Waals surface area contributed by atoms with Crippen molar-refractivity contribution in [2.75, 3.05) is 19.6 Å². The van der Waals surface area contributed by atoms with Crippen LogP contribution in [0, 0.1) is 0 Å². The van der Waals surface area contributed by atoms with Crippen molar-refractivity contribution < 1.29 is 0 Å². The number of anilines is 10. The van der Waals surface area contributed by atoms with Crippen LogP contribution in [0.3, 0.4) is 0 Å². The molecule has 0 N–H and O–H groups in total. The van der Waals surface area contributed by atoms with E-state index >= 15 is 0 Å². The molecule has 74 heavy (non-hydrogen) atoms. The standard InChI is InChI=1S/C69H77BN4/c1-63(2,3)45-25-30-48(31-26-45)71-58-36-29-47(65(7,8)9)41-55(58)70-54-35-34-50(73-56-23-16-14-21-52(56)66(10)37-18-19-39-68(66,73)12)42-59(54)72(49-32-27-46(28-33-49)64(4,5)6)61-44-51(43-60(71)62(61)70)74-57-24-17-15-22-53(57)67(11)38-20-40-69(67,74)13/h14-17,21-36,41-44H,18-20,37-40H2,1-13H3. The first kappa shape index (κ1) is 47.5. The zero-order valence-electron chi connectivity index (χ0n) is 46.7. The number of nitrogens with zero attached hydrogens (tertiary/aromatic N) is 4. The van der Waals surface area contributed by atoms with Crippen molar-refractivity contribution in [1.29, 1.82) is 0 Å². The number of fused-ring (bicyclic) bond motifs is 10. The molecule has 4 aliphatic heterocycles. The van der Waals surface area contributed by atoms with Crippen LogP contribution in [-0.4, -0.2) is 17.8 Å². The summed E-state index contributed by atoms with van der Waals surface area (Å²) in [6, 6.07) is 58.2. The summed E-state index contributed by atoms with van der Waals surface area (Å²) in [4.78, 5) is 10.9. The van der Waals surface area contributed by atoms with Gasteiger partial charge in [0.05, 0.1) is 11.1 Å². The van der Waals surface area contributed by atoms with Gasteiger partial charge in [-0.25, -0.2) is 0 Å². The molecular formula is C69H77BN4. The summed E-state index contributed by atoms with van der Waals surface area (Å²) in [5, 5.41) is 0.